The summed E-state index contributed by atoms with van der Waals surface area (Å²) in [6.45, 7) is 1.36. The van der Waals surface area contributed by atoms with Gasteiger partial charge in [0.05, 0.1) is 42.0 Å². The minimum atomic E-state index is -2.73. The molecule has 0 unspecified atom stereocenters. The van der Waals surface area contributed by atoms with E-state index in [2.05, 4.69) is 0 Å². The summed E-state index contributed by atoms with van der Waals surface area (Å²) in [6.07, 6.45) is 0.226. The number of hydrogen-bond donors (Lipinski definition) is 11. The van der Waals surface area contributed by atoms with Crippen LogP contribution in [0.3, 0.4) is 0 Å². The zero-order valence-electron chi connectivity index (χ0n) is 38.6. The molecule has 8 atom stereocenters. The molecule has 0 bridgehead atoms. The molecule has 71 heavy (non-hydrogen) atoms. The summed E-state index contributed by atoms with van der Waals surface area (Å²) in [4.78, 5) is 106. The predicted octanol–water partition coefficient (Wildman–Crippen LogP) is -0.901. The van der Waals surface area contributed by atoms with Gasteiger partial charge in [-0.2, -0.15) is 0 Å². The van der Waals surface area contributed by atoms with Crippen molar-refractivity contribution in [1.29, 1.82) is 0 Å². The highest BCUT2D eigenvalue weighted by atomic mass is 16.5. The standard InChI is InChI=1S/C26H29N3O9.C22H22N2O9/c1-28(2)18-14-10-12-9-11-3-4-13(25(36)29-5-7-38-8-6-29)19(30)15(11)20(31)16(12)22(33)26(14,37)23(34)17(21(18)32)24(27)35;1-24(2)14-10-6-8-5-7-3-4-9(21(31)32)15(25)11(7)16(26)12(8)18(28)22(10,33)19(29)13(17(14)27)20(23)30/h3-4,12,14,18,30-31,34,37H,5-10H2,1-2H3,(H2,27,35);3-4,8,10,14,25-26,29,33H,5-6H2,1-2H3,(H2,23,30)(H,31,32)/t12-,14-,18-,26-;8-,10-,14-,22-/m00/s1. The Morgan fingerprint density at radius 1 is 0.634 bits per heavy atom. The lowest BCUT2D eigenvalue weighted by Gasteiger charge is -2.50. The average molecular weight is 986 g/mol. The van der Waals surface area contributed by atoms with Gasteiger partial charge in [-0.15, -0.1) is 0 Å². The number of phenols is 2. The third-order valence-electron chi connectivity index (χ3n) is 14.9. The van der Waals surface area contributed by atoms with Gasteiger partial charge in [-0.05, 0) is 89.0 Å². The molecule has 376 valence electrons. The van der Waals surface area contributed by atoms with Gasteiger partial charge in [0.15, 0.2) is 22.8 Å². The summed E-state index contributed by atoms with van der Waals surface area (Å²) in [5, 5.41) is 97.7. The fourth-order valence-electron chi connectivity index (χ4n) is 11.7. The fraction of sp³-hybridized carbons (Fsp3) is 0.417. The molecular formula is C48H51N5O18. The number of aliphatic hydroxyl groups excluding tert-OH is 4. The molecule has 2 saturated carbocycles. The number of morpholine rings is 1. The second-order valence-electron chi connectivity index (χ2n) is 19.1. The van der Waals surface area contributed by atoms with E-state index >= 15 is 0 Å². The Morgan fingerprint density at radius 2 is 1.01 bits per heavy atom. The lowest BCUT2D eigenvalue weighted by atomic mass is 9.57. The van der Waals surface area contributed by atoms with Crippen LogP contribution in [-0.2, 0) is 46.3 Å². The number of rotatable bonds is 6. The van der Waals surface area contributed by atoms with Crippen LogP contribution in [0.15, 0.2) is 58.1 Å². The van der Waals surface area contributed by atoms with Gasteiger partial charge >= 0.3 is 5.97 Å². The number of Topliss-reactive ketones (excluding diaryl/α,β-unsaturated/α-hetero) is 4. The summed E-state index contributed by atoms with van der Waals surface area (Å²) in [6, 6.07) is 3.34. The third kappa shape index (κ3) is 7.20. The van der Waals surface area contributed by atoms with Gasteiger partial charge in [-0.1, -0.05) is 12.1 Å². The van der Waals surface area contributed by atoms with Crippen LogP contribution in [0.4, 0.5) is 0 Å². The maximum atomic E-state index is 13.9. The number of aliphatic hydroxyl groups is 6. The highest BCUT2D eigenvalue weighted by molar-refractivity contribution is 6.25. The largest absolute Gasteiger partial charge is 0.508 e. The first-order valence-corrected chi connectivity index (χ1v) is 22.3. The molecule has 1 saturated heterocycles. The summed E-state index contributed by atoms with van der Waals surface area (Å²) in [5.41, 5.74) is 2.72. The number of aromatic hydroxyl groups is 2. The van der Waals surface area contributed by atoms with E-state index in [0.29, 0.717) is 37.4 Å². The van der Waals surface area contributed by atoms with E-state index in [4.69, 9.17) is 16.2 Å². The number of carbonyl (C=O) groups excluding carboxylic acids is 7. The Hall–Kier alpha value is -7.44. The van der Waals surface area contributed by atoms with E-state index in [9.17, 15) is 84.3 Å². The number of hydrogen-bond acceptors (Lipinski definition) is 19. The summed E-state index contributed by atoms with van der Waals surface area (Å²) in [7, 11) is 6.11. The van der Waals surface area contributed by atoms with Crippen molar-refractivity contribution in [2.75, 3.05) is 54.5 Å². The Bertz CT molecular complexity index is 2940. The molecule has 0 radical (unpaired) electrons. The zero-order chi connectivity index (χ0) is 52.2. The van der Waals surface area contributed by atoms with Crippen LogP contribution in [0.2, 0.25) is 0 Å². The summed E-state index contributed by atoms with van der Waals surface area (Å²) < 4.78 is 5.27. The number of phenolic OH excluding ortho intramolecular Hbond substituents is 1. The van der Waals surface area contributed by atoms with Crippen molar-refractivity contribution in [2.45, 2.75) is 49.0 Å². The molecule has 1 aliphatic heterocycles. The Morgan fingerprint density at radius 3 is 1.38 bits per heavy atom. The number of benzene rings is 2. The van der Waals surface area contributed by atoms with Gasteiger partial charge in [-0.25, -0.2) is 4.79 Å². The van der Waals surface area contributed by atoms with Gasteiger partial charge in [0.1, 0.15) is 51.2 Å². The second kappa shape index (κ2) is 17.4. The van der Waals surface area contributed by atoms with Crippen molar-refractivity contribution < 1.29 is 89.1 Å². The molecule has 13 N–H and O–H groups in total. The topological polar surface area (TPSA) is 390 Å². The lowest BCUT2D eigenvalue weighted by molar-refractivity contribution is -0.155. The van der Waals surface area contributed by atoms with Crippen molar-refractivity contribution in [2.24, 2.45) is 35.1 Å². The molecule has 3 amide bonds. The quantitative estimate of drug-likeness (QED) is 0.156. The first-order valence-electron chi connectivity index (χ1n) is 22.3. The SMILES string of the molecule is CN(C)[C@@H]1C(=O)C(C(N)=O)=C(O)[C@@]2(O)C(=O)C3=C(O)c4c(ccc(C(=O)N5CCOCC5)c4O)C[C@H]3C[C@@H]12.CN(C)[C@@H]1C(=O)C(C(N)=O)=C(O)[C@@]2(O)C(=O)C3=C(O)c4c(ccc(C(=O)O)c4O)C[C@H]3C[C@@H]12. The minimum absolute atomic E-state index is 0.000976. The Kier molecular flexibility index (Phi) is 12.3. The van der Waals surface area contributed by atoms with E-state index in [1.165, 1.54) is 47.0 Å². The van der Waals surface area contributed by atoms with Crippen LogP contribution in [0.25, 0.3) is 11.5 Å². The molecule has 9 rings (SSSR count). The van der Waals surface area contributed by atoms with Crippen molar-refractivity contribution in [3.8, 4) is 11.5 Å². The number of amides is 3. The van der Waals surface area contributed by atoms with Gasteiger partial charge in [-0.3, -0.25) is 43.4 Å². The van der Waals surface area contributed by atoms with Crippen molar-refractivity contribution in [1.82, 2.24) is 14.7 Å². The van der Waals surface area contributed by atoms with Crippen molar-refractivity contribution in [3.05, 3.63) is 91.5 Å². The van der Waals surface area contributed by atoms with Gasteiger partial charge in [0.25, 0.3) is 17.7 Å². The monoisotopic (exact) mass is 985 g/mol. The van der Waals surface area contributed by atoms with E-state index < -0.39 is 145 Å². The molecule has 2 aromatic rings. The maximum absolute atomic E-state index is 13.9. The van der Waals surface area contributed by atoms with E-state index in [1.807, 2.05) is 0 Å². The number of ketones is 4. The predicted molar refractivity (Wildman–Crippen MR) is 242 cm³/mol. The Balaban J connectivity index is 0.000000192. The normalized spacial score (nSPS) is 29.2. The number of ether oxygens (including phenoxy) is 1. The van der Waals surface area contributed by atoms with Crippen LogP contribution in [0.5, 0.6) is 11.5 Å². The number of carboxylic acids is 1. The molecule has 6 aliphatic carbocycles. The number of fused-ring (bicyclic) bond motifs is 6. The molecule has 23 nitrogen and oxygen atoms in total. The first kappa shape index (κ1) is 50.0. The molecular weight excluding hydrogens is 935 g/mol. The number of nitrogens with two attached hydrogens (primary N) is 2. The van der Waals surface area contributed by atoms with E-state index in [0.717, 1.165) is 0 Å². The number of carboxylic acid groups (broad SMARTS) is 1. The molecule has 23 heteroatoms. The number of aromatic carboxylic acids is 1. The van der Waals surface area contributed by atoms with Crippen LogP contribution in [-0.4, -0.2) is 185 Å². The van der Waals surface area contributed by atoms with Crippen LogP contribution in [0.1, 0.15) is 55.8 Å². The first-order chi connectivity index (χ1) is 33.2. The minimum Gasteiger partial charge on any atom is -0.508 e. The number of primary amides is 2. The highest BCUT2D eigenvalue weighted by Crippen LogP contribution is 2.55. The lowest BCUT2D eigenvalue weighted by Crippen LogP contribution is -2.65. The molecule has 3 fully saturated rings. The van der Waals surface area contributed by atoms with Gasteiger partial charge < -0.3 is 67.1 Å². The number of nitrogens with zero attached hydrogens (tertiary/aromatic N) is 3. The van der Waals surface area contributed by atoms with Crippen molar-refractivity contribution in [3.63, 3.8) is 0 Å². The van der Waals surface area contributed by atoms with Crippen LogP contribution < -0.4 is 11.5 Å². The van der Waals surface area contributed by atoms with Gasteiger partial charge in [0, 0.05) is 36.1 Å². The molecule has 1 heterocycles. The summed E-state index contributed by atoms with van der Waals surface area (Å²) >= 11 is 0. The van der Waals surface area contributed by atoms with E-state index in [-0.39, 0.29) is 53.5 Å². The molecule has 0 aromatic heterocycles. The fourth-order valence-corrected chi connectivity index (χ4v) is 11.7. The Labute approximate surface area is 402 Å². The number of carbonyl (C=O) groups is 8. The third-order valence-corrected chi connectivity index (χ3v) is 14.9. The number of likely N-dealkylation sites (N-methyl/N-ethyl adjacent to an activating group) is 2. The molecule has 2 aromatic carbocycles. The van der Waals surface area contributed by atoms with Crippen LogP contribution in [0, 0.1) is 23.7 Å². The van der Waals surface area contributed by atoms with E-state index in [1.54, 1.807) is 20.2 Å². The molecule has 0 spiro atoms. The highest BCUT2D eigenvalue weighted by Gasteiger charge is 2.66. The average Bonchev–Trinajstić information content (AvgIpc) is 3.28. The second-order valence-corrected chi connectivity index (χ2v) is 19.1. The van der Waals surface area contributed by atoms with Crippen LogP contribution >= 0.6 is 0 Å². The van der Waals surface area contributed by atoms with Gasteiger partial charge in [0.2, 0.25) is 11.6 Å². The summed E-state index contributed by atoms with van der Waals surface area (Å²) in [5.74, 6) is -17.0. The zero-order valence-corrected chi connectivity index (χ0v) is 38.6. The maximum Gasteiger partial charge on any atom is 0.339 e. The molecule has 7 aliphatic rings. The smallest absolute Gasteiger partial charge is 0.339 e. The van der Waals surface area contributed by atoms with Crippen molar-refractivity contribution >= 4 is 58.3 Å².